The molecule has 124 valence electrons. The Morgan fingerprint density at radius 3 is 2.91 bits per heavy atom. The molecule has 2 aromatic rings. The molecule has 1 aliphatic heterocycles. The number of likely N-dealkylation sites (tertiary alicyclic amines) is 1. The monoisotopic (exact) mass is 331 g/mol. The molecule has 1 N–H and O–H groups in total. The zero-order valence-corrected chi connectivity index (χ0v) is 15.1. The normalized spacial score (nSPS) is 22.5. The first kappa shape index (κ1) is 16.2. The highest BCUT2D eigenvalue weighted by atomic mass is 32.1. The van der Waals surface area contributed by atoms with Crippen LogP contribution in [0.15, 0.2) is 16.8 Å². The topological polar surface area (TPSA) is 49.0 Å². The summed E-state index contributed by atoms with van der Waals surface area (Å²) >= 11 is 1.74. The molecule has 3 heterocycles. The summed E-state index contributed by atoms with van der Waals surface area (Å²) < 4.78 is 0. The van der Waals surface area contributed by atoms with Gasteiger partial charge in [0.1, 0.15) is 0 Å². The summed E-state index contributed by atoms with van der Waals surface area (Å²) in [6.45, 7) is 9.09. The number of thiophene rings is 1. The summed E-state index contributed by atoms with van der Waals surface area (Å²) in [5.74, 6) is 0.758. The highest BCUT2D eigenvalue weighted by Gasteiger charge is 2.35. The number of nitrogens with zero attached hydrogens (tertiary/aromatic N) is 2. The Morgan fingerprint density at radius 2 is 2.30 bits per heavy atom. The van der Waals surface area contributed by atoms with Crippen LogP contribution in [0.25, 0.3) is 0 Å². The van der Waals surface area contributed by atoms with E-state index < -0.39 is 0 Å². The molecule has 3 rings (SSSR count). The van der Waals surface area contributed by atoms with Crippen molar-refractivity contribution >= 4 is 17.2 Å². The third-order valence-corrected chi connectivity index (χ3v) is 5.79. The molecule has 1 aliphatic rings. The Hall–Kier alpha value is -1.62. The van der Waals surface area contributed by atoms with E-state index in [1.54, 1.807) is 11.3 Å². The fourth-order valence-corrected chi connectivity index (χ4v) is 4.38. The second-order valence-corrected chi connectivity index (χ2v) is 7.63. The van der Waals surface area contributed by atoms with Gasteiger partial charge in [-0.15, -0.1) is 0 Å². The third kappa shape index (κ3) is 3.20. The molecule has 2 aromatic heterocycles. The molecule has 0 radical (unpaired) electrons. The van der Waals surface area contributed by atoms with Gasteiger partial charge in [-0.25, -0.2) is 0 Å². The van der Waals surface area contributed by atoms with Crippen molar-refractivity contribution in [2.75, 3.05) is 6.54 Å². The van der Waals surface area contributed by atoms with Crippen LogP contribution in [0.1, 0.15) is 48.7 Å². The van der Waals surface area contributed by atoms with Crippen LogP contribution in [0.5, 0.6) is 0 Å². The van der Waals surface area contributed by atoms with Gasteiger partial charge in [-0.1, -0.05) is 6.92 Å². The number of aromatic amines is 1. The molecule has 1 saturated heterocycles. The third-order valence-electron chi connectivity index (χ3n) is 5.09. The Morgan fingerprint density at radius 1 is 1.52 bits per heavy atom. The van der Waals surface area contributed by atoms with Gasteiger partial charge < -0.3 is 4.90 Å². The Kier molecular flexibility index (Phi) is 4.57. The lowest BCUT2D eigenvalue weighted by molar-refractivity contribution is -0.135. The molecular weight excluding hydrogens is 306 g/mol. The number of amides is 1. The molecule has 0 unspecified atom stereocenters. The quantitative estimate of drug-likeness (QED) is 0.929. The molecule has 3 atom stereocenters. The molecule has 0 saturated carbocycles. The highest BCUT2D eigenvalue weighted by Crippen LogP contribution is 2.33. The maximum absolute atomic E-state index is 12.9. The average Bonchev–Trinajstić information content (AvgIpc) is 3.23. The molecule has 4 nitrogen and oxygen atoms in total. The molecule has 0 spiro atoms. The fraction of sp³-hybridized carbons (Fsp3) is 0.556. The summed E-state index contributed by atoms with van der Waals surface area (Å²) in [4.78, 5) is 15.0. The molecule has 5 heteroatoms. The lowest BCUT2D eigenvalue weighted by Crippen LogP contribution is -2.38. The fourth-order valence-electron chi connectivity index (χ4n) is 3.64. The molecule has 23 heavy (non-hydrogen) atoms. The van der Waals surface area contributed by atoms with Gasteiger partial charge in [-0.05, 0) is 61.6 Å². The van der Waals surface area contributed by atoms with E-state index in [4.69, 9.17) is 0 Å². The molecule has 0 bridgehead atoms. The summed E-state index contributed by atoms with van der Waals surface area (Å²) in [5.41, 5.74) is 4.65. The van der Waals surface area contributed by atoms with Crippen LogP contribution in [0.3, 0.4) is 0 Å². The van der Waals surface area contributed by atoms with Crippen molar-refractivity contribution in [2.45, 2.75) is 52.5 Å². The maximum atomic E-state index is 12.9. The van der Waals surface area contributed by atoms with Gasteiger partial charge in [0.05, 0.1) is 5.69 Å². The molecular formula is C18H25N3OS. The minimum absolute atomic E-state index is 0.00586. The number of hydrogen-bond donors (Lipinski definition) is 1. The van der Waals surface area contributed by atoms with E-state index >= 15 is 0 Å². The van der Waals surface area contributed by atoms with Crippen molar-refractivity contribution in [2.24, 2.45) is 5.92 Å². The van der Waals surface area contributed by atoms with E-state index in [0.717, 1.165) is 30.8 Å². The number of hydrogen-bond acceptors (Lipinski definition) is 3. The number of carbonyl (C=O) groups excluding carboxylic acids is 1. The Balaban J connectivity index is 1.68. The molecule has 0 aromatic carbocycles. The van der Waals surface area contributed by atoms with E-state index in [1.165, 1.54) is 11.1 Å². The average molecular weight is 331 g/mol. The van der Waals surface area contributed by atoms with E-state index in [9.17, 15) is 4.79 Å². The van der Waals surface area contributed by atoms with Gasteiger partial charge in [0.25, 0.3) is 0 Å². The first-order valence-corrected chi connectivity index (χ1v) is 9.24. The second-order valence-electron chi connectivity index (χ2n) is 6.85. The highest BCUT2D eigenvalue weighted by molar-refractivity contribution is 7.07. The van der Waals surface area contributed by atoms with Gasteiger partial charge in [-0.3, -0.25) is 9.89 Å². The Labute approximate surface area is 141 Å². The zero-order chi connectivity index (χ0) is 16.6. The second kappa shape index (κ2) is 6.48. The van der Waals surface area contributed by atoms with Crippen LogP contribution < -0.4 is 0 Å². The van der Waals surface area contributed by atoms with Crippen molar-refractivity contribution in [3.63, 3.8) is 0 Å². The minimum Gasteiger partial charge on any atom is -0.339 e. The van der Waals surface area contributed by atoms with E-state index in [2.05, 4.69) is 38.8 Å². The number of aryl methyl sites for hydroxylation is 2. The van der Waals surface area contributed by atoms with E-state index in [-0.39, 0.29) is 11.8 Å². The number of aromatic nitrogens is 2. The number of nitrogens with one attached hydrogen (secondary N) is 1. The van der Waals surface area contributed by atoms with Crippen LogP contribution >= 0.6 is 11.3 Å². The minimum atomic E-state index is -0.00586. The van der Waals surface area contributed by atoms with Gasteiger partial charge >= 0.3 is 0 Å². The van der Waals surface area contributed by atoms with Gasteiger partial charge in [0.2, 0.25) is 5.91 Å². The lowest BCUT2D eigenvalue weighted by Gasteiger charge is -2.25. The summed E-state index contributed by atoms with van der Waals surface area (Å²) in [6, 6.07) is 2.51. The standard InChI is InChI=1S/C18H25N3OS/c1-11(7-17-13(3)19-20-14(17)4)18(22)21-9-16(8-12(21)2)15-5-6-23-10-15/h5-6,10-12,16H,7-9H2,1-4H3,(H,19,20)/t11-,12-,16-/m0/s1. The molecule has 1 amide bonds. The van der Waals surface area contributed by atoms with Gasteiger partial charge in [0, 0.05) is 30.1 Å². The SMILES string of the molecule is Cc1n[nH]c(C)c1C[C@H](C)C(=O)N1C[C@@H](c2ccsc2)C[C@@H]1C. The zero-order valence-electron chi connectivity index (χ0n) is 14.3. The predicted octanol–water partition coefficient (Wildman–Crippen LogP) is 3.67. The Bertz CT molecular complexity index is 657. The number of rotatable bonds is 4. The van der Waals surface area contributed by atoms with Crippen molar-refractivity contribution < 1.29 is 4.79 Å². The van der Waals surface area contributed by atoms with Gasteiger partial charge in [-0.2, -0.15) is 16.4 Å². The molecule has 0 aliphatic carbocycles. The maximum Gasteiger partial charge on any atom is 0.225 e. The van der Waals surface area contributed by atoms with Crippen LogP contribution in [-0.2, 0) is 11.2 Å². The van der Waals surface area contributed by atoms with Crippen LogP contribution in [0.2, 0.25) is 0 Å². The first-order valence-electron chi connectivity index (χ1n) is 8.30. The van der Waals surface area contributed by atoms with Crippen LogP contribution in [0.4, 0.5) is 0 Å². The first-order chi connectivity index (χ1) is 11.0. The summed E-state index contributed by atoms with van der Waals surface area (Å²) in [7, 11) is 0. The van der Waals surface area contributed by atoms with E-state index in [0.29, 0.717) is 12.0 Å². The summed E-state index contributed by atoms with van der Waals surface area (Å²) in [5, 5.41) is 11.6. The van der Waals surface area contributed by atoms with Crippen molar-refractivity contribution in [3.8, 4) is 0 Å². The van der Waals surface area contributed by atoms with Crippen molar-refractivity contribution in [1.82, 2.24) is 15.1 Å². The smallest absolute Gasteiger partial charge is 0.225 e. The van der Waals surface area contributed by atoms with Crippen LogP contribution in [0, 0.1) is 19.8 Å². The van der Waals surface area contributed by atoms with E-state index in [1.807, 2.05) is 20.8 Å². The summed E-state index contributed by atoms with van der Waals surface area (Å²) in [6.07, 6.45) is 1.83. The largest absolute Gasteiger partial charge is 0.339 e. The molecule has 1 fully saturated rings. The van der Waals surface area contributed by atoms with Crippen molar-refractivity contribution in [1.29, 1.82) is 0 Å². The van der Waals surface area contributed by atoms with Crippen molar-refractivity contribution in [3.05, 3.63) is 39.3 Å². The number of H-pyrrole nitrogens is 1. The predicted molar refractivity (Wildman–Crippen MR) is 93.8 cm³/mol. The number of carbonyl (C=O) groups is 1. The van der Waals surface area contributed by atoms with Crippen LogP contribution in [-0.4, -0.2) is 33.6 Å². The lowest BCUT2D eigenvalue weighted by atomic mass is 9.98. The van der Waals surface area contributed by atoms with Gasteiger partial charge in [0.15, 0.2) is 0 Å².